The van der Waals surface area contributed by atoms with Crippen molar-refractivity contribution < 1.29 is 10.3 Å². The lowest BCUT2D eigenvalue weighted by molar-refractivity contribution is -0.114. The lowest BCUT2D eigenvalue weighted by Gasteiger charge is -1.70. The molecule has 1 aromatic rings. The van der Waals surface area contributed by atoms with E-state index in [4.69, 9.17) is 0 Å². The number of carbonyl (C=O) groups is 1. The Bertz CT molecular complexity index is 144. The smallest absolute Gasteiger partial charge is 0.126 e. The summed E-state index contributed by atoms with van der Waals surface area (Å²) in [7, 11) is 0. The molecule has 0 spiro atoms. The van der Waals surface area contributed by atoms with E-state index in [0.717, 1.165) is 0 Å². The van der Waals surface area contributed by atoms with Crippen LogP contribution in [0.15, 0.2) is 30.6 Å². The zero-order valence-electron chi connectivity index (χ0n) is 6.74. The van der Waals surface area contributed by atoms with E-state index in [9.17, 15) is 4.79 Å². The van der Waals surface area contributed by atoms with Gasteiger partial charge in [-0.1, -0.05) is 6.07 Å². The van der Waals surface area contributed by atoms with Crippen molar-refractivity contribution in [3.05, 3.63) is 30.6 Å². The highest BCUT2D eigenvalue weighted by molar-refractivity contribution is 5.72. The van der Waals surface area contributed by atoms with Crippen molar-refractivity contribution in [2.75, 3.05) is 0 Å². The Morgan fingerprint density at radius 2 is 1.45 bits per heavy atom. The maximum atomic E-state index is 9.44. The number of Topliss-reactive ketones (excluding diaryl/α,β-unsaturated/α-hetero) is 1. The fourth-order valence-corrected chi connectivity index (χ4v) is 0.313. The molecule has 0 bridgehead atoms. The number of carbonyl (C=O) groups excluding carboxylic acids is 1. The second-order valence-electron chi connectivity index (χ2n) is 1.93. The van der Waals surface area contributed by atoms with Crippen LogP contribution in [-0.4, -0.2) is 16.2 Å². The molecule has 11 heavy (non-hydrogen) atoms. The SMILES string of the molecule is CC(C)=O.O.c1ccncc1. The van der Waals surface area contributed by atoms with E-state index in [1.165, 1.54) is 13.8 Å². The first-order valence-electron chi connectivity index (χ1n) is 3.05. The Morgan fingerprint density at radius 3 is 1.55 bits per heavy atom. The van der Waals surface area contributed by atoms with Gasteiger partial charge in [0.05, 0.1) is 0 Å². The van der Waals surface area contributed by atoms with Gasteiger partial charge in [0.1, 0.15) is 5.78 Å². The molecule has 62 valence electrons. The van der Waals surface area contributed by atoms with Crippen LogP contribution < -0.4 is 0 Å². The van der Waals surface area contributed by atoms with Crippen LogP contribution in [0.4, 0.5) is 0 Å². The molecule has 0 aliphatic heterocycles. The van der Waals surface area contributed by atoms with E-state index in [1.54, 1.807) is 12.4 Å². The second-order valence-corrected chi connectivity index (χ2v) is 1.93. The minimum Gasteiger partial charge on any atom is -0.412 e. The monoisotopic (exact) mass is 155 g/mol. The third kappa shape index (κ3) is 17.7. The molecule has 1 heterocycles. The number of pyridine rings is 1. The van der Waals surface area contributed by atoms with Crippen molar-refractivity contribution in [2.45, 2.75) is 13.8 Å². The predicted octanol–water partition coefficient (Wildman–Crippen LogP) is 0.852. The van der Waals surface area contributed by atoms with Crippen LogP contribution in [0.3, 0.4) is 0 Å². The molecule has 0 amide bonds. The number of nitrogens with zero attached hydrogens (tertiary/aromatic N) is 1. The largest absolute Gasteiger partial charge is 0.412 e. The van der Waals surface area contributed by atoms with E-state index < -0.39 is 0 Å². The summed E-state index contributed by atoms with van der Waals surface area (Å²) in [6.07, 6.45) is 3.50. The Kier molecular flexibility index (Phi) is 9.94. The first-order valence-corrected chi connectivity index (χ1v) is 3.05. The summed E-state index contributed by atoms with van der Waals surface area (Å²) in [5.74, 6) is 0.167. The van der Waals surface area contributed by atoms with E-state index in [2.05, 4.69) is 4.98 Å². The van der Waals surface area contributed by atoms with Crippen LogP contribution in [0.1, 0.15) is 13.8 Å². The molecule has 0 atom stereocenters. The van der Waals surface area contributed by atoms with Gasteiger partial charge >= 0.3 is 0 Å². The van der Waals surface area contributed by atoms with Crippen molar-refractivity contribution in [3.8, 4) is 0 Å². The summed E-state index contributed by atoms with van der Waals surface area (Å²) in [5.41, 5.74) is 0. The van der Waals surface area contributed by atoms with Crippen LogP contribution in [0, 0.1) is 0 Å². The maximum Gasteiger partial charge on any atom is 0.126 e. The van der Waals surface area contributed by atoms with E-state index in [-0.39, 0.29) is 11.3 Å². The van der Waals surface area contributed by atoms with Gasteiger partial charge in [-0.05, 0) is 26.0 Å². The molecular weight excluding hydrogens is 142 g/mol. The fraction of sp³-hybridized carbons (Fsp3) is 0.250. The van der Waals surface area contributed by atoms with Gasteiger partial charge in [0.2, 0.25) is 0 Å². The molecule has 1 rings (SSSR count). The molecule has 1 aromatic heterocycles. The predicted molar refractivity (Wildman–Crippen MR) is 44.2 cm³/mol. The molecular formula is C8H13NO2. The van der Waals surface area contributed by atoms with E-state index >= 15 is 0 Å². The molecule has 0 aliphatic carbocycles. The Morgan fingerprint density at radius 1 is 1.09 bits per heavy atom. The molecule has 0 aromatic carbocycles. The average molecular weight is 155 g/mol. The van der Waals surface area contributed by atoms with Gasteiger partial charge < -0.3 is 10.3 Å². The quantitative estimate of drug-likeness (QED) is 0.557. The highest BCUT2D eigenvalue weighted by atomic mass is 16.1. The summed E-state index contributed by atoms with van der Waals surface area (Å²) in [4.78, 5) is 13.2. The van der Waals surface area contributed by atoms with Gasteiger partial charge in [-0.25, -0.2) is 0 Å². The average Bonchev–Trinajstić information content (AvgIpc) is 1.90. The van der Waals surface area contributed by atoms with Crippen molar-refractivity contribution in [3.63, 3.8) is 0 Å². The van der Waals surface area contributed by atoms with Gasteiger partial charge in [-0.15, -0.1) is 0 Å². The summed E-state index contributed by atoms with van der Waals surface area (Å²) >= 11 is 0. The second kappa shape index (κ2) is 8.78. The minimum atomic E-state index is 0. The molecule has 0 aliphatic rings. The number of hydrogen-bond acceptors (Lipinski definition) is 2. The lowest BCUT2D eigenvalue weighted by atomic mass is 10.5. The third-order valence-corrected chi connectivity index (χ3v) is 0.566. The number of hydrogen-bond donors (Lipinski definition) is 0. The summed E-state index contributed by atoms with van der Waals surface area (Å²) < 4.78 is 0. The van der Waals surface area contributed by atoms with Crippen LogP contribution in [0.25, 0.3) is 0 Å². The summed E-state index contributed by atoms with van der Waals surface area (Å²) in [5, 5.41) is 0. The molecule has 0 radical (unpaired) electrons. The summed E-state index contributed by atoms with van der Waals surface area (Å²) in [6.45, 7) is 3.06. The zero-order valence-corrected chi connectivity index (χ0v) is 6.74. The standard InChI is InChI=1S/C5H5N.C3H6O.H2O/c1-2-4-6-5-3-1;1-3(2)4;/h1-5H;1-2H3;1H2. The van der Waals surface area contributed by atoms with Gasteiger partial charge in [-0.2, -0.15) is 0 Å². The summed E-state index contributed by atoms with van der Waals surface area (Å²) in [6, 6.07) is 5.72. The van der Waals surface area contributed by atoms with Crippen molar-refractivity contribution in [1.29, 1.82) is 0 Å². The highest BCUT2D eigenvalue weighted by Crippen LogP contribution is 1.73. The van der Waals surface area contributed by atoms with Crippen molar-refractivity contribution >= 4 is 5.78 Å². The van der Waals surface area contributed by atoms with Crippen LogP contribution in [-0.2, 0) is 4.79 Å². The third-order valence-electron chi connectivity index (χ3n) is 0.566. The zero-order chi connectivity index (χ0) is 7.82. The van der Waals surface area contributed by atoms with Crippen molar-refractivity contribution in [2.24, 2.45) is 0 Å². The van der Waals surface area contributed by atoms with E-state index in [1.807, 2.05) is 18.2 Å². The minimum absolute atomic E-state index is 0. The van der Waals surface area contributed by atoms with E-state index in [0.29, 0.717) is 0 Å². The molecule has 0 saturated carbocycles. The normalized spacial score (nSPS) is 6.73. The van der Waals surface area contributed by atoms with Crippen LogP contribution in [0.2, 0.25) is 0 Å². The number of ketones is 1. The Hall–Kier alpha value is -1.22. The molecule has 2 N–H and O–H groups in total. The Labute approximate surface area is 66.4 Å². The van der Waals surface area contributed by atoms with Gasteiger partial charge in [0, 0.05) is 12.4 Å². The molecule has 0 fully saturated rings. The maximum absolute atomic E-state index is 9.44. The molecule has 3 nitrogen and oxygen atoms in total. The van der Waals surface area contributed by atoms with Gasteiger partial charge in [0.15, 0.2) is 0 Å². The molecule has 3 heteroatoms. The Balaban J connectivity index is 0. The van der Waals surface area contributed by atoms with Crippen LogP contribution >= 0.6 is 0 Å². The first kappa shape index (κ1) is 12.5. The topological polar surface area (TPSA) is 61.5 Å². The highest BCUT2D eigenvalue weighted by Gasteiger charge is 1.62. The molecule has 0 saturated heterocycles. The number of rotatable bonds is 0. The fourth-order valence-electron chi connectivity index (χ4n) is 0.313. The van der Waals surface area contributed by atoms with Gasteiger partial charge in [0.25, 0.3) is 0 Å². The lowest BCUT2D eigenvalue weighted by Crippen LogP contribution is -1.69. The van der Waals surface area contributed by atoms with Crippen molar-refractivity contribution in [1.82, 2.24) is 4.98 Å². The van der Waals surface area contributed by atoms with Gasteiger partial charge in [-0.3, -0.25) is 4.98 Å². The number of aromatic nitrogens is 1. The first-order chi connectivity index (χ1) is 4.73. The molecule has 0 unspecified atom stereocenters. The van der Waals surface area contributed by atoms with Crippen LogP contribution in [0.5, 0.6) is 0 Å².